The highest BCUT2D eigenvalue weighted by molar-refractivity contribution is 5.98. The average Bonchev–Trinajstić information content (AvgIpc) is 3.03. The molecule has 21 heavy (non-hydrogen) atoms. The van der Waals surface area contributed by atoms with Crippen molar-refractivity contribution in [1.29, 1.82) is 0 Å². The third-order valence-electron chi connectivity index (χ3n) is 2.90. The van der Waals surface area contributed by atoms with Gasteiger partial charge in [-0.2, -0.15) is 4.68 Å². The van der Waals surface area contributed by atoms with Gasteiger partial charge < -0.3 is 4.84 Å². The van der Waals surface area contributed by atoms with Gasteiger partial charge in [0.1, 0.15) is 0 Å². The van der Waals surface area contributed by atoms with Crippen molar-refractivity contribution in [2.45, 2.75) is 6.92 Å². The van der Waals surface area contributed by atoms with Crippen LogP contribution in [0.1, 0.15) is 12.5 Å². The molecule has 0 radical (unpaired) electrons. The maximum atomic E-state index is 5.36. The van der Waals surface area contributed by atoms with Crippen LogP contribution in [-0.4, -0.2) is 25.9 Å². The Morgan fingerprint density at radius 3 is 2.38 bits per heavy atom. The van der Waals surface area contributed by atoms with Crippen LogP contribution in [0.15, 0.2) is 65.8 Å². The molecule has 0 atom stereocenters. The molecule has 0 saturated carbocycles. The van der Waals surface area contributed by atoms with Crippen molar-refractivity contribution in [3.05, 3.63) is 66.2 Å². The van der Waals surface area contributed by atoms with Crippen molar-refractivity contribution >= 4 is 5.71 Å². The number of benzene rings is 2. The van der Waals surface area contributed by atoms with Crippen molar-refractivity contribution in [2.24, 2.45) is 5.16 Å². The van der Waals surface area contributed by atoms with Gasteiger partial charge in [-0.15, -0.1) is 0 Å². The third kappa shape index (κ3) is 2.94. The van der Waals surface area contributed by atoms with Gasteiger partial charge in [0.05, 0.1) is 11.4 Å². The molecule has 0 aliphatic carbocycles. The Morgan fingerprint density at radius 1 is 1.00 bits per heavy atom. The number of tetrazole rings is 1. The van der Waals surface area contributed by atoms with Crippen LogP contribution in [0.5, 0.6) is 6.01 Å². The Bertz CT molecular complexity index is 737. The summed E-state index contributed by atoms with van der Waals surface area (Å²) in [5.41, 5.74) is 2.54. The first-order valence-corrected chi connectivity index (χ1v) is 6.45. The van der Waals surface area contributed by atoms with Gasteiger partial charge >= 0.3 is 6.01 Å². The van der Waals surface area contributed by atoms with E-state index in [2.05, 4.69) is 20.7 Å². The molecule has 6 heteroatoms. The highest BCUT2D eigenvalue weighted by Gasteiger charge is 2.09. The number of hydrogen-bond donors (Lipinski definition) is 0. The van der Waals surface area contributed by atoms with E-state index in [0.29, 0.717) is 0 Å². The second-order valence-electron chi connectivity index (χ2n) is 4.34. The van der Waals surface area contributed by atoms with E-state index in [0.717, 1.165) is 17.0 Å². The molecule has 3 aromatic rings. The molecule has 0 bridgehead atoms. The molecular weight excluding hydrogens is 266 g/mol. The summed E-state index contributed by atoms with van der Waals surface area (Å²) >= 11 is 0. The lowest BCUT2D eigenvalue weighted by molar-refractivity contribution is 0.303. The predicted molar refractivity (Wildman–Crippen MR) is 78.4 cm³/mol. The van der Waals surface area contributed by atoms with E-state index in [9.17, 15) is 0 Å². The van der Waals surface area contributed by atoms with Crippen molar-refractivity contribution in [3.63, 3.8) is 0 Å². The summed E-state index contributed by atoms with van der Waals surface area (Å²) in [5, 5.41) is 15.4. The minimum absolute atomic E-state index is 0.219. The SMILES string of the molecule is C/C(=N\Oc1nnnn1-c1ccccc1)c1ccccc1. The van der Waals surface area contributed by atoms with Crippen molar-refractivity contribution in [1.82, 2.24) is 20.2 Å². The lowest BCUT2D eigenvalue weighted by Crippen LogP contribution is -2.03. The monoisotopic (exact) mass is 279 g/mol. The minimum atomic E-state index is 0.219. The molecule has 1 aromatic heterocycles. The predicted octanol–water partition coefficient (Wildman–Crippen LogP) is 2.47. The Morgan fingerprint density at radius 2 is 1.67 bits per heavy atom. The molecule has 0 amide bonds. The molecule has 0 fully saturated rings. The maximum Gasteiger partial charge on any atom is 0.368 e. The summed E-state index contributed by atoms with van der Waals surface area (Å²) < 4.78 is 1.49. The molecule has 0 aliphatic rings. The number of rotatable bonds is 4. The first kappa shape index (κ1) is 13.0. The summed E-state index contributed by atoms with van der Waals surface area (Å²) in [7, 11) is 0. The molecule has 0 spiro atoms. The zero-order valence-electron chi connectivity index (χ0n) is 11.4. The van der Waals surface area contributed by atoms with Gasteiger partial charge in [-0.25, -0.2) is 0 Å². The van der Waals surface area contributed by atoms with E-state index in [-0.39, 0.29) is 6.01 Å². The first-order chi connectivity index (χ1) is 10.3. The first-order valence-electron chi connectivity index (χ1n) is 6.45. The van der Waals surface area contributed by atoms with Crippen LogP contribution in [0.4, 0.5) is 0 Å². The Kier molecular flexibility index (Phi) is 3.68. The molecule has 0 N–H and O–H groups in total. The van der Waals surface area contributed by atoms with Crippen LogP contribution in [-0.2, 0) is 0 Å². The molecule has 0 unspecified atom stereocenters. The number of oxime groups is 1. The van der Waals surface area contributed by atoms with E-state index in [1.54, 1.807) is 0 Å². The van der Waals surface area contributed by atoms with Crippen LogP contribution in [0, 0.1) is 0 Å². The number of aromatic nitrogens is 4. The Labute approximate surface area is 121 Å². The molecular formula is C15H13N5O. The number of para-hydroxylation sites is 1. The highest BCUT2D eigenvalue weighted by Crippen LogP contribution is 2.13. The summed E-state index contributed by atoms with van der Waals surface area (Å²) in [5.74, 6) is 0. The number of nitrogens with zero attached hydrogens (tertiary/aromatic N) is 5. The van der Waals surface area contributed by atoms with Crippen LogP contribution in [0.2, 0.25) is 0 Å². The van der Waals surface area contributed by atoms with Crippen LogP contribution in [0.3, 0.4) is 0 Å². The molecule has 104 valence electrons. The van der Waals surface area contributed by atoms with Crippen LogP contribution < -0.4 is 4.84 Å². The second-order valence-corrected chi connectivity index (χ2v) is 4.34. The minimum Gasteiger partial charge on any atom is -0.313 e. The average molecular weight is 279 g/mol. The molecule has 6 nitrogen and oxygen atoms in total. The lowest BCUT2D eigenvalue weighted by Gasteiger charge is -2.03. The Hall–Kier alpha value is -3.02. The molecule has 3 rings (SSSR count). The summed E-state index contributed by atoms with van der Waals surface area (Å²) in [4.78, 5) is 5.36. The zero-order chi connectivity index (χ0) is 14.5. The van der Waals surface area contributed by atoms with Gasteiger partial charge in [-0.1, -0.05) is 58.8 Å². The topological polar surface area (TPSA) is 65.2 Å². The standard InChI is InChI=1S/C15H13N5O/c1-12(13-8-4-2-5-9-13)17-21-15-16-18-19-20(15)14-10-6-3-7-11-14/h2-11H,1H3/b17-12+. The van der Waals surface area contributed by atoms with Crippen molar-refractivity contribution in [3.8, 4) is 11.7 Å². The van der Waals surface area contributed by atoms with Gasteiger partial charge in [-0.05, 0) is 35.0 Å². The van der Waals surface area contributed by atoms with Gasteiger partial charge in [-0.3, -0.25) is 0 Å². The quantitative estimate of drug-likeness (QED) is 0.543. The van der Waals surface area contributed by atoms with E-state index in [1.807, 2.05) is 67.6 Å². The Balaban J connectivity index is 1.82. The summed E-state index contributed by atoms with van der Waals surface area (Å²) in [6.07, 6.45) is 0. The van der Waals surface area contributed by atoms with Crippen LogP contribution in [0.25, 0.3) is 5.69 Å². The van der Waals surface area contributed by atoms with E-state index in [4.69, 9.17) is 4.84 Å². The van der Waals surface area contributed by atoms with Gasteiger partial charge in [0.2, 0.25) is 0 Å². The van der Waals surface area contributed by atoms with E-state index >= 15 is 0 Å². The van der Waals surface area contributed by atoms with E-state index in [1.165, 1.54) is 4.68 Å². The third-order valence-corrected chi connectivity index (χ3v) is 2.90. The number of hydrogen-bond acceptors (Lipinski definition) is 5. The normalized spacial score (nSPS) is 11.4. The largest absolute Gasteiger partial charge is 0.368 e. The smallest absolute Gasteiger partial charge is 0.313 e. The zero-order valence-corrected chi connectivity index (χ0v) is 11.4. The molecule has 0 saturated heterocycles. The fourth-order valence-electron chi connectivity index (χ4n) is 1.81. The van der Waals surface area contributed by atoms with Crippen molar-refractivity contribution in [2.75, 3.05) is 0 Å². The highest BCUT2D eigenvalue weighted by atomic mass is 16.6. The molecule has 0 aliphatic heterocycles. The van der Waals surface area contributed by atoms with E-state index < -0.39 is 0 Å². The second kappa shape index (κ2) is 5.96. The van der Waals surface area contributed by atoms with Gasteiger partial charge in [0, 0.05) is 0 Å². The molecule has 1 heterocycles. The summed E-state index contributed by atoms with van der Waals surface area (Å²) in [6, 6.07) is 19.5. The van der Waals surface area contributed by atoms with Gasteiger partial charge in [0.15, 0.2) is 0 Å². The molecule has 2 aromatic carbocycles. The van der Waals surface area contributed by atoms with Crippen molar-refractivity contribution < 1.29 is 4.84 Å². The van der Waals surface area contributed by atoms with Crippen LogP contribution >= 0.6 is 0 Å². The summed E-state index contributed by atoms with van der Waals surface area (Å²) in [6.45, 7) is 1.87. The fourth-order valence-corrected chi connectivity index (χ4v) is 1.81. The maximum absolute atomic E-state index is 5.36. The van der Waals surface area contributed by atoms with Gasteiger partial charge in [0.25, 0.3) is 0 Å². The lowest BCUT2D eigenvalue weighted by atomic mass is 10.1. The fraction of sp³-hybridized carbons (Fsp3) is 0.0667.